The number of fused-ring (bicyclic) bond motifs is 2. The van der Waals surface area contributed by atoms with Crippen LogP contribution in [0, 0.1) is 6.92 Å². The molecule has 0 spiro atoms. The minimum atomic E-state index is -0.0390. The molecule has 0 saturated carbocycles. The molecule has 5 heteroatoms. The number of carbonyl (C=O) groups is 3. The highest BCUT2D eigenvalue weighted by Gasteiger charge is 2.47. The zero-order chi connectivity index (χ0) is 16.8. The van der Waals surface area contributed by atoms with Crippen LogP contribution in [0.5, 0.6) is 0 Å². The predicted octanol–water partition coefficient (Wildman–Crippen LogP) is 2.28. The summed E-state index contributed by atoms with van der Waals surface area (Å²) in [5.41, 5.74) is 1.81. The average Bonchev–Trinajstić information content (AvgIpc) is 3.03. The lowest BCUT2D eigenvalue weighted by molar-refractivity contribution is -0.142. The zero-order valence-electron chi connectivity index (χ0n) is 13.9. The lowest BCUT2D eigenvalue weighted by atomic mass is 9.95. The van der Waals surface area contributed by atoms with Crippen molar-refractivity contribution in [1.29, 1.82) is 0 Å². The largest absolute Gasteiger partial charge is 0.333 e. The topological polar surface area (TPSA) is 57.7 Å². The van der Waals surface area contributed by atoms with Crippen LogP contribution in [0.25, 0.3) is 0 Å². The van der Waals surface area contributed by atoms with Gasteiger partial charge < -0.3 is 4.90 Å². The third kappa shape index (κ3) is 2.43. The molecular weight excluding hydrogens is 304 g/mol. The van der Waals surface area contributed by atoms with E-state index in [0.29, 0.717) is 12.8 Å². The van der Waals surface area contributed by atoms with Gasteiger partial charge in [0.2, 0.25) is 11.8 Å². The normalized spacial score (nSPS) is 29.5. The highest BCUT2D eigenvalue weighted by atomic mass is 16.2. The Morgan fingerprint density at radius 2 is 1.62 bits per heavy atom. The van der Waals surface area contributed by atoms with Crippen molar-refractivity contribution in [2.45, 2.75) is 63.6 Å². The summed E-state index contributed by atoms with van der Waals surface area (Å²) in [5, 5.41) is 0. The van der Waals surface area contributed by atoms with Crippen LogP contribution in [0.2, 0.25) is 0 Å². The monoisotopic (exact) mass is 326 g/mol. The summed E-state index contributed by atoms with van der Waals surface area (Å²) >= 11 is 0. The van der Waals surface area contributed by atoms with Crippen molar-refractivity contribution in [3.8, 4) is 0 Å². The van der Waals surface area contributed by atoms with Gasteiger partial charge in [0.1, 0.15) is 0 Å². The minimum Gasteiger partial charge on any atom is -0.333 e. The highest BCUT2D eigenvalue weighted by Crippen LogP contribution is 2.39. The fraction of sp³-hybridized carbons (Fsp3) is 0.526. The first kappa shape index (κ1) is 15.4. The smallest absolute Gasteiger partial charge is 0.254 e. The zero-order valence-corrected chi connectivity index (χ0v) is 13.9. The maximum atomic E-state index is 12.9. The molecule has 0 N–H and O–H groups in total. The van der Waals surface area contributed by atoms with Gasteiger partial charge in [-0.3, -0.25) is 19.3 Å². The number of imide groups is 1. The molecule has 2 unspecified atom stereocenters. The van der Waals surface area contributed by atoms with Crippen LogP contribution < -0.4 is 0 Å². The van der Waals surface area contributed by atoms with E-state index in [2.05, 4.69) is 0 Å². The molecule has 5 nitrogen and oxygen atoms in total. The average molecular weight is 326 g/mol. The van der Waals surface area contributed by atoms with E-state index >= 15 is 0 Å². The molecule has 0 aliphatic carbocycles. The van der Waals surface area contributed by atoms with Gasteiger partial charge in [-0.25, -0.2) is 0 Å². The van der Waals surface area contributed by atoms with Gasteiger partial charge in [0, 0.05) is 36.5 Å². The number of carbonyl (C=O) groups excluding carboxylic acids is 3. The molecule has 126 valence electrons. The van der Waals surface area contributed by atoms with Crippen molar-refractivity contribution < 1.29 is 14.4 Å². The van der Waals surface area contributed by atoms with Crippen LogP contribution in [0.1, 0.15) is 54.4 Å². The van der Waals surface area contributed by atoms with Gasteiger partial charge in [-0.05, 0) is 44.7 Å². The van der Waals surface area contributed by atoms with E-state index in [4.69, 9.17) is 0 Å². The Balaban J connectivity index is 1.54. The summed E-state index contributed by atoms with van der Waals surface area (Å²) in [6, 6.07) is 7.97. The molecule has 1 aromatic carbocycles. The highest BCUT2D eigenvalue weighted by molar-refractivity contribution is 6.02. The third-order valence-corrected chi connectivity index (χ3v) is 5.66. The minimum absolute atomic E-state index is 0.0217. The van der Waals surface area contributed by atoms with Gasteiger partial charge in [0.15, 0.2) is 0 Å². The maximum absolute atomic E-state index is 12.9. The summed E-state index contributed by atoms with van der Waals surface area (Å²) in [6.45, 7) is 1.99. The van der Waals surface area contributed by atoms with E-state index < -0.39 is 0 Å². The molecule has 24 heavy (non-hydrogen) atoms. The molecule has 1 aromatic rings. The number of hydrogen-bond donors (Lipinski definition) is 0. The number of amides is 3. The fourth-order valence-corrected chi connectivity index (χ4v) is 4.62. The third-order valence-electron chi connectivity index (χ3n) is 5.66. The van der Waals surface area contributed by atoms with E-state index in [1.54, 1.807) is 0 Å². The number of likely N-dealkylation sites (tertiary alicyclic amines) is 1. The molecular formula is C19H22N2O3. The molecule has 3 saturated heterocycles. The second-order valence-corrected chi connectivity index (χ2v) is 7.25. The van der Waals surface area contributed by atoms with E-state index in [0.717, 1.165) is 36.8 Å². The first-order valence-corrected chi connectivity index (χ1v) is 8.79. The summed E-state index contributed by atoms with van der Waals surface area (Å²) in [5.74, 6) is 0.00875. The summed E-state index contributed by atoms with van der Waals surface area (Å²) in [4.78, 5) is 40.5. The Kier molecular flexibility index (Phi) is 3.66. The molecule has 3 amide bonds. The number of piperidine rings is 1. The van der Waals surface area contributed by atoms with Gasteiger partial charge in [0.05, 0.1) is 0 Å². The van der Waals surface area contributed by atoms with E-state index in [-0.39, 0.29) is 35.8 Å². The molecule has 0 aromatic heterocycles. The SMILES string of the molecule is Cc1cccc(C(=O)N2C3CCC2CC(N2C(=O)CCC2=O)C3)c1. The Morgan fingerprint density at radius 3 is 2.21 bits per heavy atom. The van der Waals surface area contributed by atoms with Crippen LogP contribution >= 0.6 is 0 Å². The van der Waals surface area contributed by atoms with Crippen molar-refractivity contribution in [1.82, 2.24) is 9.80 Å². The quantitative estimate of drug-likeness (QED) is 0.784. The van der Waals surface area contributed by atoms with E-state index in [9.17, 15) is 14.4 Å². The maximum Gasteiger partial charge on any atom is 0.254 e. The Hall–Kier alpha value is -2.17. The second-order valence-electron chi connectivity index (χ2n) is 7.25. The van der Waals surface area contributed by atoms with E-state index in [1.807, 2.05) is 36.1 Å². The summed E-state index contributed by atoms with van der Waals surface area (Å²) < 4.78 is 0. The standard InChI is InChI=1S/C19H22N2O3/c1-12-3-2-4-13(9-12)19(24)20-14-5-6-15(20)11-16(10-14)21-17(22)7-8-18(21)23/h2-4,9,14-16H,5-8,10-11H2,1H3. The van der Waals surface area contributed by atoms with E-state index in [1.165, 1.54) is 4.90 Å². The van der Waals surface area contributed by atoms with Crippen LogP contribution in [0.4, 0.5) is 0 Å². The molecule has 0 radical (unpaired) electrons. The van der Waals surface area contributed by atoms with Gasteiger partial charge in [0.25, 0.3) is 5.91 Å². The van der Waals surface area contributed by atoms with Crippen molar-refractivity contribution in [2.24, 2.45) is 0 Å². The van der Waals surface area contributed by atoms with Gasteiger partial charge in [-0.15, -0.1) is 0 Å². The fourth-order valence-electron chi connectivity index (χ4n) is 4.62. The van der Waals surface area contributed by atoms with Crippen molar-refractivity contribution in [3.63, 3.8) is 0 Å². The van der Waals surface area contributed by atoms with Crippen LogP contribution in [0.3, 0.4) is 0 Å². The Morgan fingerprint density at radius 1 is 1.00 bits per heavy atom. The van der Waals surface area contributed by atoms with Gasteiger partial charge in [-0.1, -0.05) is 17.7 Å². The number of hydrogen-bond acceptors (Lipinski definition) is 3. The lowest BCUT2D eigenvalue weighted by Gasteiger charge is -2.41. The number of nitrogens with zero attached hydrogens (tertiary/aromatic N) is 2. The van der Waals surface area contributed by atoms with Crippen molar-refractivity contribution >= 4 is 17.7 Å². The molecule has 3 aliphatic heterocycles. The first-order chi connectivity index (χ1) is 11.5. The van der Waals surface area contributed by atoms with Crippen LogP contribution in [0.15, 0.2) is 24.3 Å². The van der Waals surface area contributed by atoms with Gasteiger partial charge >= 0.3 is 0 Å². The van der Waals surface area contributed by atoms with Gasteiger partial charge in [-0.2, -0.15) is 0 Å². The molecule has 3 heterocycles. The van der Waals surface area contributed by atoms with Crippen LogP contribution in [-0.2, 0) is 9.59 Å². The predicted molar refractivity (Wildman–Crippen MR) is 88.3 cm³/mol. The number of benzene rings is 1. The molecule has 2 atom stereocenters. The summed E-state index contributed by atoms with van der Waals surface area (Å²) in [7, 11) is 0. The lowest BCUT2D eigenvalue weighted by Crippen LogP contribution is -2.53. The molecule has 3 aliphatic rings. The Labute approximate surface area is 141 Å². The molecule has 2 bridgehead atoms. The molecule has 3 fully saturated rings. The second kappa shape index (κ2) is 5.72. The molecule has 4 rings (SSSR count). The number of aryl methyl sites for hydroxylation is 1. The summed E-state index contributed by atoms with van der Waals surface area (Å²) in [6.07, 6.45) is 4.08. The van der Waals surface area contributed by atoms with Crippen LogP contribution in [-0.4, -0.2) is 45.6 Å². The Bertz CT molecular complexity index is 684. The van der Waals surface area contributed by atoms with Crippen molar-refractivity contribution in [2.75, 3.05) is 0 Å². The first-order valence-electron chi connectivity index (χ1n) is 8.79. The van der Waals surface area contributed by atoms with Crippen molar-refractivity contribution in [3.05, 3.63) is 35.4 Å². The number of rotatable bonds is 2.